The summed E-state index contributed by atoms with van der Waals surface area (Å²) in [6.07, 6.45) is -4.51. The van der Waals surface area contributed by atoms with Crippen molar-refractivity contribution in [3.8, 4) is 0 Å². The summed E-state index contributed by atoms with van der Waals surface area (Å²) in [7, 11) is 0. The molecular formula is C9H8ClF3N2O2. The van der Waals surface area contributed by atoms with E-state index < -0.39 is 18.7 Å². The Bertz CT molecular complexity index is 423. The fraction of sp³-hybridized carbons (Fsp3) is 0.222. The van der Waals surface area contributed by atoms with Crippen LogP contribution in [0.3, 0.4) is 0 Å². The number of nitrogen functional groups attached to an aromatic ring is 1. The van der Waals surface area contributed by atoms with Gasteiger partial charge in [-0.05, 0) is 18.2 Å². The number of halogens is 4. The lowest BCUT2D eigenvalue weighted by atomic mass is 10.2. The Balaban J connectivity index is 2.56. The molecule has 0 atom stereocenters. The fourth-order valence-electron chi connectivity index (χ4n) is 0.911. The summed E-state index contributed by atoms with van der Waals surface area (Å²) in [6.45, 7) is -1.57. The first kappa shape index (κ1) is 13.6. The largest absolute Gasteiger partial charge is 0.414 e. The standard InChI is InChI=1S/C9H8ClF3N2O2/c10-6-3-5(1-2-7(6)14)8(16)15-17-4-9(11,12)13/h1-3H,4,14H2,(H,15,16). The zero-order chi connectivity index (χ0) is 13.1. The summed E-state index contributed by atoms with van der Waals surface area (Å²) in [5, 5.41) is 0.133. The van der Waals surface area contributed by atoms with Crippen LogP contribution in [0.15, 0.2) is 18.2 Å². The molecule has 94 valence electrons. The normalized spacial score (nSPS) is 11.3. The van der Waals surface area contributed by atoms with Crippen LogP contribution in [-0.2, 0) is 4.84 Å². The highest BCUT2D eigenvalue weighted by Crippen LogP contribution is 2.19. The quantitative estimate of drug-likeness (QED) is 0.652. The Morgan fingerprint density at radius 3 is 2.65 bits per heavy atom. The van der Waals surface area contributed by atoms with E-state index in [2.05, 4.69) is 4.84 Å². The van der Waals surface area contributed by atoms with Crippen LogP contribution in [0.2, 0.25) is 5.02 Å². The molecule has 0 fully saturated rings. The third kappa shape index (κ3) is 4.49. The second kappa shape index (κ2) is 5.24. The van der Waals surface area contributed by atoms with Crippen molar-refractivity contribution in [2.24, 2.45) is 0 Å². The van der Waals surface area contributed by atoms with Crippen LogP contribution in [0.1, 0.15) is 10.4 Å². The van der Waals surface area contributed by atoms with Gasteiger partial charge in [0, 0.05) is 5.56 Å². The number of alkyl halides is 3. The van der Waals surface area contributed by atoms with Gasteiger partial charge in [-0.2, -0.15) is 13.2 Å². The number of hydrogen-bond acceptors (Lipinski definition) is 3. The summed E-state index contributed by atoms with van der Waals surface area (Å²) in [5.41, 5.74) is 7.36. The first-order valence-electron chi connectivity index (χ1n) is 4.33. The van der Waals surface area contributed by atoms with Gasteiger partial charge >= 0.3 is 6.18 Å². The molecule has 0 aliphatic heterocycles. The summed E-state index contributed by atoms with van der Waals surface area (Å²) >= 11 is 5.64. The number of rotatable bonds is 3. The topological polar surface area (TPSA) is 64.4 Å². The van der Waals surface area contributed by atoms with E-state index in [-0.39, 0.29) is 16.3 Å². The Hall–Kier alpha value is -1.47. The number of carbonyl (C=O) groups is 1. The smallest absolute Gasteiger partial charge is 0.398 e. The molecule has 1 amide bonds. The van der Waals surface area contributed by atoms with Crippen molar-refractivity contribution in [1.29, 1.82) is 0 Å². The molecule has 0 aliphatic rings. The molecule has 0 spiro atoms. The van der Waals surface area contributed by atoms with Crippen LogP contribution in [-0.4, -0.2) is 18.7 Å². The van der Waals surface area contributed by atoms with E-state index in [1.54, 1.807) is 5.48 Å². The van der Waals surface area contributed by atoms with Gasteiger partial charge in [-0.1, -0.05) is 11.6 Å². The molecule has 1 aromatic rings. The lowest BCUT2D eigenvalue weighted by molar-refractivity contribution is -0.184. The SMILES string of the molecule is Nc1ccc(C(=O)NOCC(F)(F)F)cc1Cl. The summed E-state index contributed by atoms with van der Waals surface area (Å²) in [4.78, 5) is 15.3. The van der Waals surface area contributed by atoms with E-state index >= 15 is 0 Å². The van der Waals surface area contributed by atoms with E-state index in [4.69, 9.17) is 17.3 Å². The van der Waals surface area contributed by atoms with E-state index in [9.17, 15) is 18.0 Å². The van der Waals surface area contributed by atoms with Crippen LogP contribution in [0, 0.1) is 0 Å². The minimum absolute atomic E-state index is 0.0476. The van der Waals surface area contributed by atoms with Crippen LogP contribution < -0.4 is 11.2 Å². The predicted octanol–water partition coefficient (Wildman–Crippen LogP) is 2.15. The first-order chi connectivity index (χ1) is 7.79. The van der Waals surface area contributed by atoms with Crippen LogP contribution >= 0.6 is 11.6 Å². The zero-order valence-electron chi connectivity index (χ0n) is 8.34. The highest BCUT2D eigenvalue weighted by molar-refractivity contribution is 6.33. The average molecular weight is 269 g/mol. The number of amides is 1. The Morgan fingerprint density at radius 2 is 2.12 bits per heavy atom. The number of anilines is 1. The zero-order valence-corrected chi connectivity index (χ0v) is 9.10. The maximum atomic E-state index is 11.7. The number of hydrogen-bond donors (Lipinski definition) is 2. The average Bonchev–Trinajstić information content (AvgIpc) is 2.20. The molecule has 0 bridgehead atoms. The second-order valence-corrected chi connectivity index (χ2v) is 3.48. The van der Waals surface area contributed by atoms with Gasteiger partial charge < -0.3 is 5.73 Å². The first-order valence-corrected chi connectivity index (χ1v) is 4.71. The predicted molar refractivity (Wildman–Crippen MR) is 55.3 cm³/mol. The van der Waals surface area contributed by atoms with Gasteiger partial charge in [0.25, 0.3) is 5.91 Å². The van der Waals surface area contributed by atoms with Crippen molar-refractivity contribution in [2.45, 2.75) is 6.18 Å². The monoisotopic (exact) mass is 268 g/mol. The van der Waals surface area contributed by atoms with Crippen molar-refractivity contribution < 1.29 is 22.8 Å². The summed E-state index contributed by atoms with van der Waals surface area (Å²) in [6, 6.07) is 3.90. The molecule has 8 heteroatoms. The Labute approximate surface area is 99.4 Å². The molecule has 0 aromatic heterocycles. The molecule has 4 nitrogen and oxygen atoms in total. The van der Waals surface area contributed by atoms with Gasteiger partial charge in [-0.15, -0.1) is 0 Å². The van der Waals surface area contributed by atoms with Gasteiger partial charge in [-0.3, -0.25) is 9.63 Å². The van der Waals surface area contributed by atoms with Gasteiger partial charge in [0.2, 0.25) is 0 Å². The number of nitrogens with two attached hydrogens (primary N) is 1. The molecule has 1 aromatic carbocycles. The third-order valence-electron chi connectivity index (χ3n) is 1.66. The summed E-state index contributed by atoms with van der Waals surface area (Å²) < 4.78 is 35.1. The van der Waals surface area contributed by atoms with Gasteiger partial charge in [-0.25, -0.2) is 5.48 Å². The maximum Gasteiger partial charge on any atom is 0.414 e. The van der Waals surface area contributed by atoms with E-state index in [1.165, 1.54) is 18.2 Å². The molecule has 0 aliphatic carbocycles. The second-order valence-electron chi connectivity index (χ2n) is 3.07. The molecule has 17 heavy (non-hydrogen) atoms. The molecule has 0 saturated heterocycles. The summed E-state index contributed by atoms with van der Waals surface area (Å²) in [5.74, 6) is -0.837. The third-order valence-corrected chi connectivity index (χ3v) is 1.99. The van der Waals surface area contributed by atoms with Gasteiger partial charge in [0.05, 0.1) is 10.7 Å². The highest BCUT2D eigenvalue weighted by atomic mass is 35.5. The maximum absolute atomic E-state index is 11.7. The Morgan fingerprint density at radius 1 is 1.47 bits per heavy atom. The Kier molecular flexibility index (Phi) is 4.19. The van der Waals surface area contributed by atoms with Crippen molar-refractivity contribution in [3.63, 3.8) is 0 Å². The van der Waals surface area contributed by atoms with Gasteiger partial charge in [0.15, 0.2) is 6.61 Å². The number of nitrogens with one attached hydrogen (secondary N) is 1. The van der Waals surface area contributed by atoms with Crippen LogP contribution in [0.5, 0.6) is 0 Å². The van der Waals surface area contributed by atoms with Crippen molar-refractivity contribution in [1.82, 2.24) is 5.48 Å². The number of hydroxylamine groups is 1. The van der Waals surface area contributed by atoms with Crippen LogP contribution in [0.25, 0.3) is 0 Å². The minimum Gasteiger partial charge on any atom is -0.398 e. The van der Waals surface area contributed by atoms with Gasteiger partial charge in [0.1, 0.15) is 0 Å². The lowest BCUT2D eigenvalue weighted by Gasteiger charge is -2.08. The van der Waals surface area contributed by atoms with Crippen molar-refractivity contribution in [2.75, 3.05) is 12.3 Å². The number of carbonyl (C=O) groups excluding carboxylic acids is 1. The molecular weight excluding hydrogens is 261 g/mol. The minimum atomic E-state index is -4.51. The van der Waals surface area contributed by atoms with Crippen LogP contribution in [0.4, 0.5) is 18.9 Å². The van der Waals surface area contributed by atoms with E-state index in [1.807, 2.05) is 0 Å². The highest BCUT2D eigenvalue weighted by Gasteiger charge is 2.28. The van der Waals surface area contributed by atoms with E-state index in [0.29, 0.717) is 0 Å². The molecule has 0 heterocycles. The number of benzene rings is 1. The molecule has 3 N–H and O–H groups in total. The molecule has 0 unspecified atom stereocenters. The van der Waals surface area contributed by atoms with Crippen molar-refractivity contribution in [3.05, 3.63) is 28.8 Å². The fourth-order valence-corrected chi connectivity index (χ4v) is 1.09. The molecule has 0 radical (unpaired) electrons. The molecule has 0 saturated carbocycles. The van der Waals surface area contributed by atoms with E-state index in [0.717, 1.165) is 0 Å². The lowest BCUT2D eigenvalue weighted by Crippen LogP contribution is -2.29. The van der Waals surface area contributed by atoms with Crippen molar-refractivity contribution >= 4 is 23.2 Å². The molecule has 1 rings (SSSR count).